The van der Waals surface area contributed by atoms with Crippen LogP contribution in [-0.4, -0.2) is 21.0 Å². The van der Waals surface area contributed by atoms with Gasteiger partial charge >= 0.3 is 0 Å². The van der Waals surface area contributed by atoms with Crippen LogP contribution in [0.1, 0.15) is 29.2 Å². The molecule has 1 unspecified atom stereocenters. The first-order valence-electron chi connectivity index (χ1n) is 8.25. The molecule has 1 atom stereocenters. The number of anilines is 1. The highest BCUT2D eigenvalue weighted by atomic mass is 35.5. The van der Waals surface area contributed by atoms with E-state index in [1.54, 1.807) is 6.92 Å². The van der Waals surface area contributed by atoms with E-state index in [9.17, 15) is 13.2 Å². The minimum absolute atomic E-state index is 0.0756. The highest BCUT2D eigenvalue weighted by Gasteiger charge is 2.31. The predicted molar refractivity (Wildman–Crippen MR) is 105 cm³/mol. The quantitative estimate of drug-likeness (QED) is 0.645. The fraction of sp³-hybridized carbons (Fsp3) is 0.111. The maximum Gasteiger partial charge on any atom is 0.203 e. The van der Waals surface area contributed by atoms with Gasteiger partial charge in [0.1, 0.15) is 28.4 Å². The molecule has 148 valence electrons. The molecule has 0 aliphatic carbocycles. The lowest BCUT2D eigenvalue weighted by atomic mass is 9.96. The molecule has 3 aromatic rings. The van der Waals surface area contributed by atoms with Gasteiger partial charge in [-0.25, -0.2) is 18.2 Å². The van der Waals surface area contributed by atoms with Gasteiger partial charge in [-0.05, 0) is 19.1 Å². The lowest BCUT2D eigenvalue weighted by Crippen LogP contribution is -2.31. The van der Waals surface area contributed by atoms with E-state index in [1.807, 2.05) is 0 Å². The van der Waals surface area contributed by atoms with Gasteiger partial charge in [0.15, 0.2) is 11.7 Å². The zero-order chi connectivity index (χ0) is 20.7. The second kappa shape index (κ2) is 7.45. The van der Waals surface area contributed by atoms with Crippen LogP contribution in [0.2, 0.25) is 5.02 Å². The molecule has 0 saturated carbocycles. The van der Waals surface area contributed by atoms with Gasteiger partial charge in [-0.15, -0.1) is 10.2 Å². The van der Waals surface area contributed by atoms with Gasteiger partial charge in [-0.3, -0.25) is 4.99 Å². The van der Waals surface area contributed by atoms with Gasteiger partial charge < -0.3 is 11.1 Å². The Bertz CT molecular complexity index is 1180. The third-order valence-corrected chi connectivity index (χ3v) is 5.31. The number of nitrogen functional groups attached to an aromatic ring is 1. The zero-order valence-electron chi connectivity index (χ0n) is 14.8. The highest BCUT2D eigenvalue weighted by molar-refractivity contribution is 7.16. The van der Waals surface area contributed by atoms with Crippen molar-refractivity contribution in [2.75, 3.05) is 5.73 Å². The van der Waals surface area contributed by atoms with Gasteiger partial charge in [0, 0.05) is 27.9 Å². The number of nitrogens with one attached hydrogen (secondary N) is 1. The monoisotopic (exact) mass is 436 g/mol. The summed E-state index contributed by atoms with van der Waals surface area (Å²) in [5.74, 6) is -2.12. The summed E-state index contributed by atoms with van der Waals surface area (Å²) in [6.07, 6.45) is 0.891. The van der Waals surface area contributed by atoms with Gasteiger partial charge in [0.05, 0.1) is 6.20 Å². The molecule has 6 nitrogen and oxygen atoms in total. The van der Waals surface area contributed by atoms with Crippen molar-refractivity contribution in [3.05, 3.63) is 74.9 Å². The topological polar surface area (TPSA) is 89.1 Å². The number of halogens is 4. The maximum absolute atomic E-state index is 14.3. The molecule has 4 rings (SSSR count). The van der Waals surface area contributed by atoms with Crippen molar-refractivity contribution in [2.45, 2.75) is 13.0 Å². The first-order valence-corrected chi connectivity index (χ1v) is 9.44. The van der Waals surface area contributed by atoms with Crippen molar-refractivity contribution in [1.82, 2.24) is 20.5 Å². The van der Waals surface area contributed by atoms with Gasteiger partial charge in [0.2, 0.25) is 5.13 Å². The molecule has 3 N–H and O–H groups in total. The molecule has 2 aromatic heterocycles. The Balaban J connectivity index is 1.89. The molecule has 0 fully saturated rings. The first-order chi connectivity index (χ1) is 13.8. The number of rotatable bonds is 3. The fourth-order valence-corrected chi connectivity index (χ4v) is 3.96. The van der Waals surface area contributed by atoms with Crippen LogP contribution in [0.5, 0.6) is 0 Å². The van der Waals surface area contributed by atoms with Crippen LogP contribution in [0.25, 0.3) is 5.57 Å². The van der Waals surface area contributed by atoms with Crippen LogP contribution < -0.4 is 11.1 Å². The number of nitrogens with zero attached hydrogens (tertiary/aromatic N) is 4. The van der Waals surface area contributed by atoms with E-state index in [1.165, 1.54) is 12.1 Å². The Labute approximate surface area is 172 Å². The largest absolute Gasteiger partial charge is 0.374 e. The third-order valence-electron chi connectivity index (χ3n) is 4.20. The molecule has 0 amide bonds. The van der Waals surface area contributed by atoms with Crippen LogP contribution in [-0.2, 0) is 0 Å². The second-order valence-corrected chi connectivity index (χ2v) is 7.56. The summed E-state index contributed by atoms with van der Waals surface area (Å²) in [5.41, 5.74) is 7.19. The Morgan fingerprint density at radius 2 is 1.93 bits per heavy atom. The molecule has 0 spiro atoms. The highest BCUT2D eigenvalue weighted by Crippen LogP contribution is 2.41. The number of pyridine rings is 1. The van der Waals surface area contributed by atoms with Gasteiger partial charge in [-0.2, -0.15) is 0 Å². The minimum Gasteiger partial charge on any atom is -0.374 e. The molecule has 29 heavy (non-hydrogen) atoms. The van der Waals surface area contributed by atoms with E-state index in [2.05, 4.69) is 25.5 Å². The lowest BCUT2D eigenvalue weighted by molar-refractivity contribution is 0.570. The van der Waals surface area contributed by atoms with Crippen molar-refractivity contribution in [1.29, 1.82) is 0 Å². The van der Waals surface area contributed by atoms with E-state index in [-0.39, 0.29) is 21.7 Å². The summed E-state index contributed by atoms with van der Waals surface area (Å²) in [6, 6.07) is 3.84. The number of nitrogens with two attached hydrogens (primary N) is 1. The Morgan fingerprint density at radius 1 is 1.14 bits per heavy atom. The summed E-state index contributed by atoms with van der Waals surface area (Å²) in [5, 5.41) is 11.7. The summed E-state index contributed by atoms with van der Waals surface area (Å²) in [7, 11) is 0. The molecule has 3 heterocycles. The molecule has 0 radical (unpaired) electrons. The number of hydrogen-bond donors (Lipinski definition) is 2. The van der Waals surface area contributed by atoms with E-state index in [0.717, 1.165) is 23.6 Å². The number of amidine groups is 1. The van der Waals surface area contributed by atoms with Crippen molar-refractivity contribution >= 4 is 39.5 Å². The number of aromatic nitrogens is 3. The van der Waals surface area contributed by atoms with Crippen molar-refractivity contribution < 1.29 is 13.2 Å². The van der Waals surface area contributed by atoms with E-state index >= 15 is 0 Å². The number of hydrogen-bond acceptors (Lipinski definition) is 7. The average Bonchev–Trinajstić information content (AvgIpc) is 3.07. The summed E-state index contributed by atoms with van der Waals surface area (Å²) < 4.78 is 41.1. The van der Waals surface area contributed by atoms with Gasteiger partial charge in [-0.1, -0.05) is 29.0 Å². The number of benzene rings is 1. The van der Waals surface area contributed by atoms with Crippen LogP contribution >= 0.6 is 22.9 Å². The maximum atomic E-state index is 14.3. The van der Waals surface area contributed by atoms with Crippen LogP contribution in [0.3, 0.4) is 0 Å². The summed E-state index contributed by atoms with van der Waals surface area (Å²) in [4.78, 5) is 8.33. The van der Waals surface area contributed by atoms with Crippen LogP contribution in [0, 0.1) is 17.5 Å². The third kappa shape index (κ3) is 3.68. The summed E-state index contributed by atoms with van der Waals surface area (Å²) >= 11 is 7.41. The molecular formula is C18H12ClF3N6S. The molecule has 1 aliphatic heterocycles. The second-order valence-electron chi connectivity index (χ2n) is 6.14. The molecule has 1 aliphatic rings. The molecule has 1 aromatic carbocycles. The molecule has 11 heteroatoms. The van der Waals surface area contributed by atoms with Crippen molar-refractivity contribution in [3.8, 4) is 0 Å². The summed E-state index contributed by atoms with van der Waals surface area (Å²) in [6.45, 7) is 1.73. The van der Waals surface area contributed by atoms with Crippen molar-refractivity contribution in [2.24, 2.45) is 4.99 Å². The fourth-order valence-electron chi connectivity index (χ4n) is 2.95. The van der Waals surface area contributed by atoms with E-state index in [0.29, 0.717) is 27.9 Å². The van der Waals surface area contributed by atoms with Crippen LogP contribution in [0.4, 0.5) is 18.3 Å². The minimum atomic E-state index is -0.878. The Hall–Kier alpha value is -2.98. The Kier molecular flexibility index (Phi) is 4.97. The lowest BCUT2D eigenvalue weighted by Gasteiger charge is -2.26. The number of aliphatic imine (C=N–C) groups is 1. The van der Waals surface area contributed by atoms with Crippen molar-refractivity contribution in [3.63, 3.8) is 0 Å². The molecule has 0 bridgehead atoms. The molecular weight excluding hydrogens is 425 g/mol. The van der Waals surface area contributed by atoms with E-state index < -0.39 is 23.5 Å². The predicted octanol–water partition coefficient (Wildman–Crippen LogP) is 4.11. The first kappa shape index (κ1) is 19.3. The van der Waals surface area contributed by atoms with Gasteiger partial charge in [0.25, 0.3) is 0 Å². The SMILES string of the molecule is CC1=C(c2nnc(N)s2)C(c2ccc(F)cc2Cl)N=C(c2ncc(F)cc2F)N1. The Morgan fingerprint density at radius 3 is 2.59 bits per heavy atom. The zero-order valence-corrected chi connectivity index (χ0v) is 16.3. The normalized spacial score (nSPS) is 16.6. The average molecular weight is 437 g/mol. The molecule has 0 saturated heterocycles. The standard InChI is InChI=1S/C18H12ClF3N6S/c1-7-13(17-27-28-18(23)29-17)14(10-3-2-8(20)4-11(10)19)26-16(25-7)15-12(22)5-9(21)6-24-15/h2-6,14H,1H3,(H2,23,28)(H,25,26). The number of allylic oxidation sites excluding steroid dienone is 1. The van der Waals surface area contributed by atoms with E-state index in [4.69, 9.17) is 17.3 Å². The van der Waals surface area contributed by atoms with Crippen LogP contribution in [0.15, 0.2) is 41.2 Å². The smallest absolute Gasteiger partial charge is 0.203 e.